The lowest BCUT2D eigenvalue weighted by atomic mass is 9.90. The number of nitrogens with zero attached hydrogens (tertiary/aromatic N) is 2. The summed E-state index contributed by atoms with van der Waals surface area (Å²) < 4.78 is 8.79. The second-order valence-electron chi connectivity index (χ2n) is 11.4. The van der Waals surface area contributed by atoms with Crippen molar-refractivity contribution in [1.82, 2.24) is 0 Å². The maximum atomic E-state index is 6.49. The van der Waals surface area contributed by atoms with Crippen molar-refractivity contribution in [1.29, 1.82) is 0 Å². The third-order valence-electron chi connectivity index (χ3n) is 8.33. The zero-order chi connectivity index (χ0) is 29.5. The van der Waals surface area contributed by atoms with Gasteiger partial charge >= 0.3 is 0 Å². The lowest BCUT2D eigenvalue weighted by molar-refractivity contribution is 0.268. The number of benzene rings is 4. The van der Waals surface area contributed by atoms with Crippen LogP contribution in [-0.2, 0) is 0 Å². The van der Waals surface area contributed by atoms with Gasteiger partial charge in [0.15, 0.2) is 0 Å². The van der Waals surface area contributed by atoms with E-state index in [4.69, 9.17) is 4.74 Å². The predicted molar refractivity (Wildman–Crippen MR) is 186 cm³/mol. The minimum Gasteiger partial charge on any atom is -0.485 e. The fourth-order valence-electron chi connectivity index (χ4n) is 6.06. The zero-order valence-electron chi connectivity index (χ0n) is 24.2. The number of allylic oxidation sites excluding steroid dienone is 5. The Morgan fingerprint density at radius 1 is 0.674 bits per heavy atom. The summed E-state index contributed by atoms with van der Waals surface area (Å²) in [6.07, 6.45) is 13.1. The van der Waals surface area contributed by atoms with Crippen LogP contribution in [0.3, 0.4) is 0 Å². The molecule has 43 heavy (non-hydrogen) atoms. The first kappa shape index (κ1) is 28.0. The summed E-state index contributed by atoms with van der Waals surface area (Å²) in [5, 5.41) is 0. The largest absolute Gasteiger partial charge is 0.485 e. The van der Waals surface area contributed by atoms with Gasteiger partial charge in [0.2, 0.25) is 0 Å². The molecule has 2 aliphatic carbocycles. The number of aryl methyl sites for hydroxylation is 2. The van der Waals surface area contributed by atoms with E-state index in [9.17, 15) is 0 Å². The van der Waals surface area contributed by atoms with E-state index in [1.165, 1.54) is 32.6 Å². The van der Waals surface area contributed by atoms with Gasteiger partial charge in [-0.2, -0.15) is 0 Å². The van der Waals surface area contributed by atoms with Crippen molar-refractivity contribution in [3.05, 3.63) is 158 Å². The minimum absolute atomic E-state index is 0.0283. The van der Waals surface area contributed by atoms with Gasteiger partial charge < -0.3 is 14.5 Å². The average molecular weight is 692 g/mol. The van der Waals surface area contributed by atoms with Crippen molar-refractivity contribution in [2.75, 3.05) is 9.80 Å². The molecular weight excluding hydrogens is 660 g/mol. The number of rotatable bonds is 6. The monoisotopic (exact) mass is 690 g/mol. The SMILES string of the molecule is Cc1ccc(N(C2=CC3c4cc(N(C5=CC=C(Br)CC5)c5ccc(C)cc5)ccc4OC3C=C2)c2ccc(Br)cc2)cc1. The highest BCUT2D eigenvalue weighted by Crippen LogP contribution is 2.47. The Balaban J connectivity index is 1.30. The van der Waals surface area contributed by atoms with Gasteiger partial charge in [-0.15, -0.1) is 0 Å². The quantitative estimate of drug-likeness (QED) is 0.200. The topological polar surface area (TPSA) is 15.7 Å². The molecular formula is C38H32Br2N2O. The first-order chi connectivity index (χ1) is 20.9. The van der Waals surface area contributed by atoms with Crippen LogP contribution in [0.15, 0.2) is 142 Å². The smallest absolute Gasteiger partial charge is 0.128 e. The summed E-state index contributed by atoms with van der Waals surface area (Å²) in [4.78, 5) is 4.72. The Hall–Kier alpha value is -3.80. The molecule has 3 aliphatic rings. The van der Waals surface area contributed by atoms with Crippen LogP contribution in [0.1, 0.15) is 35.4 Å². The number of hydrogen-bond acceptors (Lipinski definition) is 3. The molecule has 4 aromatic rings. The summed E-state index contributed by atoms with van der Waals surface area (Å²) in [6, 6.07) is 32.7. The van der Waals surface area contributed by atoms with Gasteiger partial charge in [-0.05, 0) is 122 Å². The van der Waals surface area contributed by atoms with Crippen molar-refractivity contribution in [3.8, 4) is 5.75 Å². The average Bonchev–Trinajstić information content (AvgIpc) is 3.39. The lowest BCUT2D eigenvalue weighted by Crippen LogP contribution is -2.23. The van der Waals surface area contributed by atoms with E-state index < -0.39 is 0 Å². The van der Waals surface area contributed by atoms with Crippen LogP contribution in [0.4, 0.5) is 22.7 Å². The molecule has 0 bridgehead atoms. The highest BCUT2D eigenvalue weighted by Gasteiger charge is 2.35. The fourth-order valence-corrected chi connectivity index (χ4v) is 6.65. The van der Waals surface area contributed by atoms with E-state index in [0.717, 1.165) is 45.8 Å². The van der Waals surface area contributed by atoms with Gasteiger partial charge in [-0.1, -0.05) is 73.3 Å². The van der Waals surface area contributed by atoms with Crippen LogP contribution in [0.25, 0.3) is 0 Å². The molecule has 0 fully saturated rings. The first-order valence-corrected chi connectivity index (χ1v) is 16.3. The Morgan fingerprint density at radius 3 is 1.91 bits per heavy atom. The molecule has 0 radical (unpaired) electrons. The van der Waals surface area contributed by atoms with Gasteiger partial charge in [-0.25, -0.2) is 0 Å². The molecule has 0 N–H and O–H groups in total. The highest BCUT2D eigenvalue weighted by atomic mass is 79.9. The van der Waals surface area contributed by atoms with Crippen molar-refractivity contribution in [3.63, 3.8) is 0 Å². The molecule has 5 heteroatoms. The zero-order valence-corrected chi connectivity index (χ0v) is 27.3. The van der Waals surface area contributed by atoms with Gasteiger partial charge in [0.25, 0.3) is 0 Å². The van der Waals surface area contributed by atoms with E-state index in [-0.39, 0.29) is 12.0 Å². The van der Waals surface area contributed by atoms with Crippen molar-refractivity contribution >= 4 is 54.6 Å². The van der Waals surface area contributed by atoms with Crippen molar-refractivity contribution in [2.24, 2.45) is 0 Å². The number of anilines is 4. The van der Waals surface area contributed by atoms with Crippen LogP contribution in [-0.4, -0.2) is 6.10 Å². The number of ether oxygens (including phenoxy) is 1. The van der Waals surface area contributed by atoms with Crippen LogP contribution < -0.4 is 14.5 Å². The maximum absolute atomic E-state index is 6.49. The molecule has 0 saturated heterocycles. The van der Waals surface area contributed by atoms with E-state index >= 15 is 0 Å². The third-order valence-corrected chi connectivity index (χ3v) is 9.52. The van der Waals surface area contributed by atoms with E-state index in [0.29, 0.717) is 0 Å². The molecule has 0 saturated carbocycles. The molecule has 0 spiro atoms. The molecule has 2 unspecified atom stereocenters. The van der Waals surface area contributed by atoms with Gasteiger partial charge in [0.1, 0.15) is 11.9 Å². The number of hydrogen-bond donors (Lipinski definition) is 0. The van der Waals surface area contributed by atoms with Crippen LogP contribution in [0.2, 0.25) is 0 Å². The predicted octanol–water partition coefficient (Wildman–Crippen LogP) is 11.3. The lowest BCUT2D eigenvalue weighted by Gasteiger charge is -2.31. The molecule has 1 heterocycles. The second kappa shape index (κ2) is 11.7. The molecule has 214 valence electrons. The third kappa shape index (κ3) is 5.64. The normalized spacial score (nSPS) is 18.6. The van der Waals surface area contributed by atoms with E-state index in [2.05, 4.69) is 177 Å². The molecule has 4 aromatic carbocycles. The minimum atomic E-state index is -0.0283. The van der Waals surface area contributed by atoms with Gasteiger partial charge in [-0.3, -0.25) is 0 Å². The van der Waals surface area contributed by atoms with Crippen molar-refractivity contribution in [2.45, 2.75) is 38.7 Å². The van der Waals surface area contributed by atoms with E-state index in [1.807, 2.05) is 0 Å². The number of fused-ring (bicyclic) bond motifs is 3. The Bertz CT molecular complexity index is 1740. The van der Waals surface area contributed by atoms with Crippen LogP contribution in [0, 0.1) is 13.8 Å². The summed E-state index contributed by atoms with van der Waals surface area (Å²) in [5.74, 6) is 1.06. The molecule has 7 rings (SSSR count). The molecule has 1 aliphatic heterocycles. The van der Waals surface area contributed by atoms with E-state index in [1.54, 1.807) is 0 Å². The Morgan fingerprint density at radius 2 is 1.28 bits per heavy atom. The summed E-state index contributed by atoms with van der Waals surface area (Å²) >= 11 is 7.29. The van der Waals surface area contributed by atoms with Crippen LogP contribution in [0.5, 0.6) is 5.75 Å². The summed E-state index contributed by atoms with van der Waals surface area (Å²) in [7, 11) is 0. The molecule has 0 aromatic heterocycles. The number of halogens is 2. The standard InChI is InChI=1S/C38H32Br2N2O/c1-25-3-11-29(12-4-25)41(31-15-7-27(39)8-16-31)33-19-21-37-35(23-33)36-24-34(20-22-38(36)43-37)42(30-13-5-26(2)6-14-30)32-17-9-28(40)10-18-32/h3-9,11-17,19-24,35,37H,10,18H2,1-2H3. The molecule has 3 nitrogen and oxygen atoms in total. The Labute approximate surface area is 270 Å². The van der Waals surface area contributed by atoms with Gasteiger partial charge in [0.05, 0.1) is 0 Å². The first-order valence-electron chi connectivity index (χ1n) is 14.7. The summed E-state index contributed by atoms with van der Waals surface area (Å²) in [5.41, 5.74) is 10.7. The fraction of sp³-hybridized carbons (Fsp3) is 0.158. The highest BCUT2D eigenvalue weighted by molar-refractivity contribution is 9.11. The summed E-state index contributed by atoms with van der Waals surface area (Å²) in [6.45, 7) is 4.26. The molecule has 0 amide bonds. The second-order valence-corrected chi connectivity index (χ2v) is 13.3. The van der Waals surface area contributed by atoms with Crippen molar-refractivity contribution < 1.29 is 4.74 Å². The van der Waals surface area contributed by atoms with Gasteiger partial charge in [0, 0.05) is 50.1 Å². The molecule has 2 atom stereocenters. The van der Waals surface area contributed by atoms with Crippen LogP contribution >= 0.6 is 31.9 Å². The maximum Gasteiger partial charge on any atom is 0.128 e. The Kier molecular flexibility index (Phi) is 7.62.